The first kappa shape index (κ1) is 14.9. The third-order valence-corrected chi connectivity index (χ3v) is 2.70. The zero-order valence-electron chi connectivity index (χ0n) is 9.75. The number of nitro groups is 1. The number of ether oxygens (including phenoxy) is 1. The van der Waals surface area contributed by atoms with Crippen LogP contribution >= 0.6 is 15.9 Å². The molecule has 0 heterocycles. The van der Waals surface area contributed by atoms with Crippen molar-refractivity contribution < 1.29 is 19.2 Å². The smallest absolute Gasteiger partial charge is 0.318 e. The van der Waals surface area contributed by atoms with Gasteiger partial charge in [-0.3, -0.25) is 20.2 Å². The summed E-state index contributed by atoms with van der Waals surface area (Å²) in [5.41, 5.74) is 4.61. The molecule has 19 heavy (non-hydrogen) atoms. The fourth-order valence-electron chi connectivity index (χ4n) is 1.16. The molecule has 1 aromatic rings. The summed E-state index contributed by atoms with van der Waals surface area (Å²) in [5, 5.41) is 12.5. The van der Waals surface area contributed by atoms with Crippen LogP contribution in [0.4, 0.5) is 10.5 Å². The van der Waals surface area contributed by atoms with Gasteiger partial charge in [0.15, 0.2) is 6.10 Å². The summed E-state index contributed by atoms with van der Waals surface area (Å²) in [6.07, 6.45) is -1.04. The van der Waals surface area contributed by atoms with Gasteiger partial charge in [0, 0.05) is 6.07 Å². The lowest BCUT2D eigenvalue weighted by atomic mass is 10.3. The lowest BCUT2D eigenvalue weighted by Crippen LogP contribution is -2.42. The van der Waals surface area contributed by atoms with Crippen LogP contribution < -0.4 is 15.8 Å². The molecule has 102 valence electrons. The fraction of sp³-hybridized carbons (Fsp3) is 0.200. The maximum Gasteiger partial charge on any atom is 0.318 e. The highest BCUT2D eigenvalue weighted by molar-refractivity contribution is 9.10. The summed E-state index contributed by atoms with van der Waals surface area (Å²) in [5.74, 6) is -0.632. The third-order valence-electron chi connectivity index (χ3n) is 2.04. The Morgan fingerprint density at radius 2 is 2.16 bits per heavy atom. The molecule has 0 aliphatic carbocycles. The average molecular weight is 332 g/mol. The third kappa shape index (κ3) is 4.21. The van der Waals surface area contributed by atoms with Crippen LogP contribution in [-0.4, -0.2) is 23.0 Å². The van der Waals surface area contributed by atoms with Crippen molar-refractivity contribution in [1.82, 2.24) is 5.32 Å². The molecule has 0 saturated heterocycles. The molecule has 1 atom stereocenters. The molecule has 8 nitrogen and oxygen atoms in total. The first-order chi connectivity index (χ1) is 8.81. The molecule has 1 rings (SSSR count). The van der Waals surface area contributed by atoms with Gasteiger partial charge >= 0.3 is 6.03 Å². The number of nitrogens with two attached hydrogens (primary N) is 1. The van der Waals surface area contributed by atoms with Crippen LogP contribution in [0.1, 0.15) is 6.92 Å². The number of amides is 3. The molecule has 3 amide bonds. The zero-order chi connectivity index (χ0) is 14.6. The second-order valence-corrected chi connectivity index (χ2v) is 4.34. The van der Waals surface area contributed by atoms with Crippen molar-refractivity contribution in [2.45, 2.75) is 13.0 Å². The van der Waals surface area contributed by atoms with E-state index >= 15 is 0 Å². The molecule has 3 N–H and O–H groups in total. The van der Waals surface area contributed by atoms with Crippen LogP contribution in [0, 0.1) is 10.1 Å². The number of imide groups is 1. The molecule has 0 saturated carbocycles. The molecule has 1 unspecified atom stereocenters. The lowest BCUT2D eigenvalue weighted by molar-refractivity contribution is -0.385. The van der Waals surface area contributed by atoms with Crippen molar-refractivity contribution in [2.75, 3.05) is 0 Å². The van der Waals surface area contributed by atoms with Crippen molar-refractivity contribution in [3.05, 3.63) is 32.8 Å². The SMILES string of the molecule is CC(Oc1cc([N+](=O)[O-])ccc1Br)C(=O)NC(N)=O. The number of nitrogens with zero attached hydrogens (tertiary/aromatic N) is 1. The highest BCUT2D eigenvalue weighted by Crippen LogP contribution is 2.29. The number of hydrogen-bond donors (Lipinski definition) is 2. The molecule has 0 radical (unpaired) electrons. The van der Waals surface area contributed by atoms with Crippen LogP contribution in [0.3, 0.4) is 0 Å². The molecule has 1 aromatic carbocycles. The van der Waals surface area contributed by atoms with Crippen LogP contribution in [0.5, 0.6) is 5.75 Å². The second kappa shape index (κ2) is 6.14. The van der Waals surface area contributed by atoms with Gasteiger partial charge in [-0.25, -0.2) is 4.79 Å². The van der Waals surface area contributed by atoms with Gasteiger partial charge < -0.3 is 10.5 Å². The van der Waals surface area contributed by atoms with E-state index in [0.29, 0.717) is 4.47 Å². The normalized spacial score (nSPS) is 11.5. The Balaban J connectivity index is 2.86. The van der Waals surface area contributed by atoms with E-state index in [1.165, 1.54) is 19.1 Å². The van der Waals surface area contributed by atoms with Gasteiger partial charge in [0.05, 0.1) is 15.5 Å². The number of primary amides is 1. The number of urea groups is 1. The number of rotatable bonds is 4. The number of hydrogen-bond acceptors (Lipinski definition) is 5. The van der Waals surface area contributed by atoms with Crippen LogP contribution in [0.15, 0.2) is 22.7 Å². The lowest BCUT2D eigenvalue weighted by Gasteiger charge is -2.14. The Labute approximate surface area is 116 Å². The van der Waals surface area contributed by atoms with E-state index in [4.69, 9.17) is 10.5 Å². The predicted molar refractivity (Wildman–Crippen MR) is 68.6 cm³/mol. The van der Waals surface area contributed by atoms with E-state index in [-0.39, 0.29) is 11.4 Å². The number of nitrogens with one attached hydrogen (secondary N) is 1. The monoisotopic (exact) mass is 331 g/mol. The summed E-state index contributed by atoms with van der Waals surface area (Å²) in [6, 6.07) is 2.87. The van der Waals surface area contributed by atoms with Crippen molar-refractivity contribution in [2.24, 2.45) is 5.73 Å². The fourth-order valence-corrected chi connectivity index (χ4v) is 1.50. The van der Waals surface area contributed by atoms with Gasteiger partial charge in [-0.2, -0.15) is 0 Å². The zero-order valence-corrected chi connectivity index (χ0v) is 11.3. The Kier molecular flexibility index (Phi) is 4.81. The predicted octanol–water partition coefficient (Wildman–Crippen LogP) is 1.32. The van der Waals surface area contributed by atoms with E-state index in [1.807, 2.05) is 5.32 Å². The topological polar surface area (TPSA) is 125 Å². The number of benzene rings is 1. The van der Waals surface area contributed by atoms with Crippen molar-refractivity contribution in [3.8, 4) is 5.75 Å². The highest BCUT2D eigenvalue weighted by atomic mass is 79.9. The largest absolute Gasteiger partial charge is 0.479 e. The average Bonchev–Trinajstić information content (AvgIpc) is 2.30. The van der Waals surface area contributed by atoms with Crippen LogP contribution in [0.25, 0.3) is 0 Å². The second-order valence-electron chi connectivity index (χ2n) is 3.49. The summed E-state index contributed by atoms with van der Waals surface area (Å²) < 4.78 is 5.67. The van der Waals surface area contributed by atoms with Crippen molar-refractivity contribution in [1.29, 1.82) is 0 Å². The van der Waals surface area contributed by atoms with Gasteiger partial charge in [-0.1, -0.05) is 0 Å². The maximum atomic E-state index is 11.4. The minimum Gasteiger partial charge on any atom is -0.479 e. The molecule has 0 aliphatic rings. The first-order valence-electron chi connectivity index (χ1n) is 5.02. The molecule has 0 spiro atoms. The van der Waals surface area contributed by atoms with E-state index < -0.39 is 23.0 Å². The Morgan fingerprint density at radius 3 is 2.68 bits per heavy atom. The summed E-state index contributed by atoms with van der Waals surface area (Å²) in [7, 11) is 0. The molecule has 0 bridgehead atoms. The van der Waals surface area contributed by atoms with Gasteiger partial charge in [0.2, 0.25) is 0 Å². The number of non-ortho nitro benzene ring substituents is 1. The summed E-state index contributed by atoms with van der Waals surface area (Å²) in [6.45, 7) is 1.38. The molecule has 0 fully saturated rings. The summed E-state index contributed by atoms with van der Waals surface area (Å²) in [4.78, 5) is 31.9. The van der Waals surface area contributed by atoms with Crippen LogP contribution in [-0.2, 0) is 4.79 Å². The Morgan fingerprint density at radius 1 is 1.53 bits per heavy atom. The van der Waals surface area contributed by atoms with Crippen molar-refractivity contribution in [3.63, 3.8) is 0 Å². The van der Waals surface area contributed by atoms with Gasteiger partial charge in [-0.15, -0.1) is 0 Å². The van der Waals surface area contributed by atoms with Crippen molar-refractivity contribution >= 4 is 33.6 Å². The Bertz CT molecular complexity index is 534. The molecular weight excluding hydrogens is 322 g/mol. The number of carbonyl (C=O) groups is 2. The molecule has 9 heteroatoms. The van der Waals surface area contributed by atoms with Gasteiger partial charge in [-0.05, 0) is 28.9 Å². The van der Waals surface area contributed by atoms with E-state index in [2.05, 4.69) is 15.9 Å². The van der Waals surface area contributed by atoms with Crippen LogP contribution in [0.2, 0.25) is 0 Å². The van der Waals surface area contributed by atoms with Gasteiger partial charge in [0.1, 0.15) is 5.75 Å². The summed E-state index contributed by atoms with van der Waals surface area (Å²) >= 11 is 3.14. The van der Waals surface area contributed by atoms with Gasteiger partial charge in [0.25, 0.3) is 11.6 Å². The van der Waals surface area contributed by atoms with E-state index in [0.717, 1.165) is 6.07 Å². The van der Waals surface area contributed by atoms with E-state index in [1.54, 1.807) is 0 Å². The Hall–Kier alpha value is -2.16. The number of halogens is 1. The first-order valence-corrected chi connectivity index (χ1v) is 5.81. The number of nitro benzene ring substituents is 1. The standard InChI is InChI=1S/C10H10BrN3O5/c1-5(9(15)13-10(12)16)19-8-4-6(14(17)18)2-3-7(8)11/h2-5H,1H3,(H3,12,13,15,16). The number of carbonyl (C=O) groups excluding carboxylic acids is 2. The van der Waals surface area contributed by atoms with E-state index in [9.17, 15) is 19.7 Å². The molecule has 0 aromatic heterocycles. The minimum atomic E-state index is -1.04. The maximum absolute atomic E-state index is 11.4. The highest BCUT2D eigenvalue weighted by Gasteiger charge is 2.19. The minimum absolute atomic E-state index is 0.112. The molecule has 0 aliphatic heterocycles. The quantitative estimate of drug-likeness (QED) is 0.635. The molecular formula is C10H10BrN3O5.